The maximum Gasteiger partial charge on any atom is 0.245 e. The molecule has 0 radical (unpaired) electrons. The number of hydrogen-bond donors (Lipinski definition) is 1. The summed E-state index contributed by atoms with van der Waals surface area (Å²) in [6, 6.07) is 2.11. The second-order valence-electron chi connectivity index (χ2n) is 7.06. The summed E-state index contributed by atoms with van der Waals surface area (Å²) in [6.07, 6.45) is 9.53. The Bertz CT molecular complexity index is 442. The number of ketones is 1. The Balaban J connectivity index is 1.55. The Kier molecular flexibility index (Phi) is 4.28. The molecule has 3 fully saturated rings. The largest absolute Gasteiger partial charge is 0.352 e. The zero-order chi connectivity index (χ0) is 14.8. The maximum absolute atomic E-state index is 12.4. The van der Waals surface area contributed by atoms with Crippen LogP contribution in [0.3, 0.4) is 0 Å². The number of Topliss-reactive ketones (excluding diaryl/α,β-unsaturated/α-hetero) is 1. The highest BCUT2D eigenvalue weighted by molar-refractivity contribution is 6.04. The zero-order valence-corrected chi connectivity index (χ0v) is 12.5. The van der Waals surface area contributed by atoms with Crippen LogP contribution in [0.2, 0.25) is 0 Å². The van der Waals surface area contributed by atoms with Gasteiger partial charge in [-0.2, -0.15) is 5.26 Å². The van der Waals surface area contributed by atoms with Gasteiger partial charge in [-0.05, 0) is 56.3 Å². The quantitative estimate of drug-likeness (QED) is 0.732. The van der Waals surface area contributed by atoms with E-state index in [1.807, 2.05) is 6.07 Å². The van der Waals surface area contributed by atoms with E-state index < -0.39 is 5.92 Å². The molecule has 1 atom stereocenters. The van der Waals surface area contributed by atoms with E-state index in [-0.39, 0.29) is 17.7 Å². The molecular weight excluding hydrogens is 264 g/mol. The Labute approximate surface area is 126 Å². The Morgan fingerprint density at radius 3 is 2.10 bits per heavy atom. The lowest BCUT2D eigenvalue weighted by Crippen LogP contribution is -2.40. The molecule has 0 bridgehead atoms. The summed E-state index contributed by atoms with van der Waals surface area (Å²) in [5, 5.41) is 12.1. The monoisotopic (exact) mass is 288 g/mol. The minimum atomic E-state index is -1.09. The minimum absolute atomic E-state index is 0.156. The molecule has 0 aromatic carbocycles. The Morgan fingerprint density at radius 2 is 1.62 bits per heavy atom. The summed E-state index contributed by atoms with van der Waals surface area (Å²) in [6.45, 7) is 0. The number of nitrogens with one attached hydrogen (secondary N) is 1. The SMILES string of the molecule is N#C[C@H](C(=O)CC(C1CC1)C1CC1)C(=O)NC1CCCC1. The van der Waals surface area contributed by atoms with Gasteiger partial charge in [-0.3, -0.25) is 9.59 Å². The third-order valence-electron chi connectivity index (χ3n) is 5.31. The van der Waals surface area contributed by atoms with Gasteiger partial charge in [0.05, 0.1) is 6.07 Å². The lowest BCUT2D eigenvalue weighted by atomic mass is 9.88. The number of carbonyl (C=O) groups is 2. The highest BCUT2D eigenvalue weighted by atomic mass is 16.2. The van der Waals surface area contributed by atoms with Gasteiger partial charge < -0.3 is 5.32 Å². The number of amides is 1. The third-order valence-corrected chi connectivity index (χ3v) is 5.31. The van der Waals surface area contributed by atoms with Crippen molar-refractivity contribution in [2.45, 2.75) is 63.8 Å². The molecule has 1 amide bonds. The van der Waals surface area contributed by atoms with Crippen molar-refractivity contribution in [3.63, 3.8) is 0 Å². The van der Waals surface area contributed by atoms with Gasteiger partial charge in [-0.15, -0.1) is 0 Å². The van der Waals surface area contributed by atoms with E-state index in [9.17, 15) is 14.9 Å². The molecule has 114 valence electrons. The first-order valence-electron chi connectivity index (χ1n) is 8.41. The molecular formula is C17H24N2O2. The normalized spacial score (nSPS) is 23.8. The lowest BCUT2D eigenvalue weighted by molar-refractivity contribution is -0.132. The molecule has 0 aliphatic heterocycles. The molecule has 0 spiro atoms. The molecule has 0 aromatic rings. The number of carbonyl (C=O) groups excluding carboxylic acids is 2. The van der Waals surface area contributed by atoms with Crippen molar-refractivity contribution in [1.29, 1.82) is 5.26 Å². The molecule has 0 unspecified atom stereocenters. The zero-order valence-electron chi connectivity index (χ0n) is 12.5. The molecule has 0 saturated heterocycles. The van der Waals surface area contributed by atoms with Crippen LogP contribution >= 0.6 is 0 Å². The minimum Gasteiger partial charge on any atom is -0.352 e. The van der Waals surface area contributed by atoms with Crippen LogP contribution in [0.4, 0.5) is 0 Å². The van der Waals surface area contributed by atoms with Crippen LogP contribution in [-0.4, -0.2) is 17.7 Å². The number of nitriles is 1. The summed E-state index contributed by atoms with van der Waals surface area (Å²) >= 11 is 0. The molecule has 3 rings (SSSR count). The third kappa shape index (κ3) is 3.64. The van der Waals surface area contributed by atoms with E-state index in [2.05, 4.69) is 5.32 Å². The molecule has 1 N–H and O–H groups in total. The topological polar surface area (TPSA) is 70.0 Å². The fourth-order valence-electron chi connectivity index (χ4n) is 3.75. The average Bonchev–Trinajstić information content (AvgIpc) is 3.38. The number of hydrogen-bond acceptors (Lipinski definition) is 3. The van der Waals surface area contributed by atoms with Crippen LogP contribution in [-0.2, 0) is 9.59 Å². The van der Waals surface area contributed by atoms with Crippen molar-refractivity contribution >= 4 is 11.7 Å². The van der Waals surface area contributed by atoms with Gasteiger partial charge in [-0.25, -0.2) is 0 Å². The van der Waals surface area contributed by atoms with Gasteiger partial charge in [0.15, 0.2) is 11.7 Å². The molecule has 3 saturated carbocycles. The highest BCUT2D eigenvalue weighted by Crippen LogP contribution is 2.50. The summed E-state index contributed by atoms with van der Waals surface area (Å²) in [4.78, 5) is 24.6. The second-order valence-corrected chi connectivity index (χ2v) is 7.06. The van der Waals surface area contributed by atoms with Crippen LogP contribution in [0, 0.1) is 35.0 Å². The first-order chi connectivity index (χ1) is 10.2. The summed E-state index contributed by atoms with van der Waals surface area (Å²) in [5.74, 6) is 0.187. The first kappa shape index (κ1) is 14.6. The van der Waals surface area contributed by atoms with E-state index >= 15 is 0 Å². The second kappa shape index (κ2) is 6.17. The van der Waals surface area contributed by atoms with Crippen LogP contribution in [0.15, 0.2) is 0 Å². The summed E-state index contributed by atoms with van der Waals surface area (Å²) in [7, 11) is 0. The molecule has 4 heteroatoms. The molecule has 3 aliphatic carbocycles. The average molecular weight is 288 g/mol. The fourth-order valence-corrected chi connectivity index (χ4v) is 3.75. The van der Waals surface area contributed by atoms with Gasteiger partial charge >= 0.3 is 0 Å². The van der Waals surface area contributed by atoms with Crippen LogP contribution in [0.25, 0.3) is 0 Å². The van der Waals surface area contributed by atoms with Crippen LogP contribution < -0.4 is 5.32 Å². The lowest BCUT2D eigenvalue weighted by Gasteiger charge is -2.18. The standard InChI is InChI=1S/C17H24N2O2/c18-10-15(17(21)19-13-3-1-2-4-13)16(20)9-14(11-5-6-11)12-7-8-12/h11-15H,1-9H2,(H,19,21)/t15-/m1/s1. The van der Waals surface area contributed by atoms with Crippen molar-refractivity contribution in [3.8, 4) is 6.07 Å². The molecule has 0 aromatic heterocycles. The molecule has 4 nitrogen and oxygen atoms in total. The highest BCUT2D eigenvalue weighted by Gasteiger charge is 2.43. The summed E-state index contributed by atoms with van der Waals surface area (Å²) < 4.78 is 0. The van der Waals surface area contributed by atoms with Gasteiger partial charge in [0, 0.05) is 12.5 Å². The fraction of sp³-hybridized carbons (Fsp3) is 0.824. The number of rotatable bonds is 7. The Morgan fingerprint density at radius 1 is 1.05 bits per heavy atom. The van der Waals surface area contributed by atoms with Gasteiger partial charge in [-0.1, -0.05) is 12.8 Å². The van der Waals surface area contributed by atoms with E-state index in [0.717, 1.165) is 25.7 Å². The maximum atomic E-state index is 12.4. The van der Waals surface area contributed by atoms with Crippen molar-refractivity contribution in [2.24, 2.45) is 23.7 Å². The number of nitrogens with zero attached hydrogens (tertiary/aromatic N) is 1. The predicted molar refractivity (Wildman–Crippen MR) is 78.1 cm³/mol. The Hall–Kier alpha value is -1.37. The smallest absolute Gasteiger partial charge is 0.245 e. The van der Waals surface area contributed by atoms with Crippen LogP contribution in [0.1, 0.15) is 57.8 Å². The summed E-state index contributed by atoms with van der Waals surface area (Å²) in [5.41, 5.74) is 0. The molecule has 21 heavy (non-hydrogen) atoms. The predicted octanol–water partition coefficient (Wildman–Crippen LogP) is 2.58. The van der Waals surface area contributed by atoms with Crippen molar-refractivity contribution in [2.75, 3.05) is 0 Å². The first-order valence-corrected chi connectivity index (χ1v) is 8.41. The molecule has 0 heterocycles. The van der Waals surface area contributed by atoms with Crippen LogP contribution in [0.5, 0.6) is 0 Å². The van der Waals surface area contributed by atoms with E-state index in [4.69, 9.17) is 0 Å². The van der Waals surface area contributed by atoms with Crippen molar-refractivity contribution in [1.82, 2.24) is 5.32 Å². The van der Waals surface area contributed by atoms with Crippen molar-refractivity contribution < 1.29 is 9.59 Å². The van der Waals surface area contributed by atoms with Gasteiger partial charge in [0.1, 0.15) is 0 Å². The van der Waals surface area contributed by atoms with Gasteiger partial charge in [0.25, 0.3) is 0 Å². The molecule has 3 aliphatic rings. The van der Waals surface area contributed by atoms with E-state index in [1.165, 1.54) is 25.7 Å². The van der Waals surface area contributed by atoms with E-state index in [1.54, 1.807) is 0 Å². The van der Waals surface area contributed by atoms with Crippen molar-refractivity contribution in [3.05, 3.63) is 0 Å². The van der Waals surface area contributed by atoms with Gasteiger partial charge in [0.2, 0.25) is 5.91 Å². The van der Waals surface area contributed by atoms with E-state index in [0.29, 0.717) is 24.2 Å².